The maximum absolute atomic E-state index is 12.5. The van der Waals surface area contributed by atoms with E-state index < -0.39 is 5.92 Å². The van der Waals surface area contributed by atoms with E-state index in [-0.39, 0.29) is 29.8 Å². The number of para-hydroxylation sites is 2. The lowest BCUT2D eigenvalue weighted by Crippen LogP contribution is -2.28. The normalized spacial score (nSPS) is 16.8. The Morgan fingerprint density at radius 1 is 1.20 bits per heavy atom. The first-order valence-electron chi connectivity index (χ1n) is 7.69. The van der Waals surface area contributed by atoms with E-state index in [9.17, 15) is 9.59 Å². The van der Waals surface area contributed by atoms with Crippen molar-refractivity contribution in [1.82, 2.24) is 0 Å². The van der Waals surface area contributed by atoms with E-state index in [0.29, 0.717) is 22.1 Å². The number of hydrogen-bond acceptors (Lipinski definition) is 3. The third-order valence-corrected chi connectivity index (χ3v) is 4.90. The van der Waals surface area contributed by atoms with Gasteiger partial charge in [-0.2, -0.15) is 0 Å². The molecule has 0 aromatic heterocycles. The minimum Gasteiger partial charge on any atom is -0.495 e. The van der Waals surface area contributed by atoms with Crippen molar-refractivity contribution >= 4 is 46.4 Å². The highest BCUT2D eigenvalue weighted by molar-refractivity contribution is 6.44. The van der Waals surface area contributed by atoms with Gasteiger partial charge in [0.15, 0.2) is 0 Å². The van der Waals surface area contributed by atoms with Crippen LogP contribution in [0.4, 0.5) is 11.4 Å². The molecule has 1 aliphatic heterocycles. The van der Waals surface area contributed by atoms with Crippen LogP contribution in [0.5, 0.6) is 5.75 Å². The summed E-state index contributed by atoms with van der Waals surface area (Å²) in [6, 6.07) is 12.2. The lowest BCUT2D eigenvalue weighted by Gasteiger charge is -2.19. The fraction of sp³-hybridized carbons (Fsp3) is 0.222. The van der Waals surface area contributed by atoms with Gasteiger partial charge in [0, 0.05) is 13.0 Å². The second kappa shape index (κ2) is 7.33. The summed E-state index contributed by atoms with van der Waals surface area (Å²) in [5.41, 5.74) is 1.09. The molecule has 1 saturated heterocycles. The minimum atomic E-state index is -0.479. The number of methoxy groups -OCH3 is 1. The molecule has 0 aliphatic carbocycles. The molecule has 2 aromatic carbocycles. The van der Waals surface area contributed by atoms with Crippen LogP contribution >= 0.6 is 23.2 Å². The van der Waals surface area contributed by atoms with Crippen LogP contribution in [0.2, 0.25) is 10.0 Å². The van der Waals surface area contributed by atoms with Gasteiger partial charge in [0.25, 0.3) is 0 Å². The molecule has 1 aliphatic rings. The van der Waals surface area contributed by atoms with Crippen molar-refractivity contribution in [2.45, 2.75) is 6.42 Å². The summed E-state index contributed by atoms with van der Waals surface area (Å²) >= 11 is 12.1. The van der Waals surface area contributed by atoms with Crippen molar-refractivity contribution in [2.24, 2.45) is 5.92 Å². The topological polar surface area (TPSA) is 58.6 Å². The van der Waals surface area contributed by atoms with Crippen LogP contribution in [-0.4, -0.2) is 25.5 Å². The average Bonchev–Trinajstić information content (AvgIpc) is 3.00. The quantitative estimate of drug-likeness (QED) is 0.874. The lowest BCUT2D eigenvalue weighted by atomic mass is 10.1. The number of hydrogen-bond donors (Lipinski definition) is 1. The fourth-order valence-corrected chi connectivity index (χ4v) is 3.15. The smallest absolute Gasteiger partial charge is 0.229 e. The Balaban J connectivity index is 1.76. The van der Waals surface area contributed by atoms with Gasteiger partial charge in [0.05, 0.1) is 34.4 Å². The molecule has 0 radical (unpaired) electrons. The summed E-state index contributed by atoms with van der Waals surface area (Å²) in [5.74, 6) is -0.279. The number of carbonyl (C=O) groups is 2. The van der Waals surface area contributed by atoms with E-state index in [2.05, 4.69) is 5.32 Å². The number of ether oxygens (including phenoxy) is 1. The number of halogens is 2. The molecule has 1 unspecified atom stereocenters. The zero-order chi connectivity index (χ0) is 18.0. The van der Waals surface area contributed by atoms with Crippen LogP contribution in [-0.2, 0) is 9.59 Å². The molecule has 2 amide bonds. The molecule has 130 valence electrons. The SMILES string of the molecule is COc1ccccc1N1CC(C(=O)Nc2cccc(Cl)c2Cl)CC1=O. The van der Waals surface area contributed by atoms with Gasteiger partial charge in [0.2, 0.25) is 11.8 Å². The summed E-state index contributed by atoms with van der Waals surface area (Å²) in [4.78, 5) is 26.5. The first-order chi connectivity index (χ1) is 12.0. The molecule has 1 N–H and O–H groups in total. The van der Waals surface area contributed by atoms with Crippen molar-refractivity contribution in [2.75, 3.05) is 23.9 Å². The molecule has 7 heteroatoms. The number of anilines is 2. The van der Waals surface area contributed by atoms with Crippen LogP contribution in [0.1, 0.15) is 6.42 Å². The van der Waals surface area contributed by atoms with Gasteiger partial charge < -0.3 is 15.0 Å². The number of amides is 2. The first kappa shape index (κ1) is 17.6. The van der Waals surface area contributed by atoms with Crippen LogP contribution < -0.4 is 15.0 Å². The molecule has 1 heterocycles. The molecule has 1 atom stereocenters. The molecule has 2 aromatic rings. The zero-order valence-corrected chi connectivity index (χ0v) is 15.0. The van der Waals surface area contributed by atoms with Crippen molar-refractivity contribution in [3.63, 3.8) is 0 Å². The molecule has 25 heavy (non-hydrogen) atoms. The summed E-state index contributed by atoms with van der Waals surface area (Å²) in [7, 11) is 1.55. The summed E-state index contributed by atoms with van der Waals surface area (Å²) in [5, 5.41) is 3.39. The van der Waals surface area contributed by atoms with E-state index in [1.54, 1.807) is 42.3 Å². The van der Waals surface area contributed by atoms with Crippen LogP contribution in [0.25, 0.3) is 0 Å². The van der Waals surface area contributed by atoms with Gasteiger partial charge in [-0.15, -0.1) is 0 Å². The standard InChI is InChI=1S/C18H16Cl2N2O3/c1-25-15-8-3-2-7-14(15)22-10-11(9-16(22)23)18(24)21-13-6-4-5-12(19)17(13)20/h2-8,11H,9-10H2,1H3,(H,21,24). The van der Waals surface area contributed by atoms with E-state index >= 15 is 0 Å². The molecule has 5 nitrogen and oxygen atoms in total. The summed E-state index contributed by atoms with van der Waals surface area (Å²) < 4.78 is 5.30. The predicted molar refractivity (Wildman–Crippen MR) is 98.5 cm³/mol. The van der Waals surface area contributed by atoms with E-state index in [4.69, 9.17) is 27.9 Å². The third-order valence-electron chi connectivity index (χ3n) is 4.08. The average molecular weight is 379 g/mol. The Morgan fingerprint density at radius 2 is 1.96 bits per heavy atom. The monoisotopic (exact) mass is 378 g/mol. The van der Waals surface area contributed by atoms with Crippen LogP contribution in [0, 0.1) is 5.92 Å². The number of benzene rings is 2. The Morgan fingerprint density at radius 3 is 2.72 bits per heavy atom. The Hall–Kier alpha value is -2.24. The minimum absolute atomic E-state index is 0.123. The van der Waals surface area contributed by atoms with Gasteiger partial charge in [-0.05, 0) is 24.3 Å². The highest BCUT2D eigenvalue weighted by Gasteiger charge is 2.36. The molecule has 1 fully saturated rings. The maximum Gasteiger partial charge on any atom is 0.229 e. The molecule has 3 rings (SSSR count). The van der Waals surface area contributed by atoms with E-state index in [1.807, 2.05) is 12.1 Å². The van der Waals surface area contributed by atoms with Crippen LogP contribution in [0.3, 0.4) is 0 Å². The molecule has 0 spiro atoms. The van der Waals surface area contributed by atoms with Crippen LogP contribution in [0.15, 0.2) is 42.5 Å². The van der Waals surface area contributed by atoms with Crippen molar-refractivity contribution in [3.05, 3.63) is 52.5 Å². The Bertz CT molecular complexity index is 826. The van der Waals surface area contributed by atoms with E-state index in [0.717, 1.165) is 0 Å². The summed E-state index contributed by atoms with van der Waals surface area (Å²) in [6.07, 6.45) is 0.127. The fourth-order valence-electron chi connectivity index (χ4n) is 2.80. The number of nitrogens with one attached hydrogen (secondary N) is 1. The number of carbonyl (C=O) groups excluding carboxylic acids is 2. The van der Waals surface area contributed by atoms with Crippen molar-refractivity contribution in [1.29, 1.82) is 0 Å². The second-order valence-electron chi connectivity index (χ2n) is 5.67. The first-order valence-corrected chi connectivity index (χ1v) is 8.45. The molecule has 0 saturated carbocycles. The third kappa shape index (κ3) is 3.57. The summed E-state index contributed by atoms with van der Waals surface area (Å²) in [6.45, 7) is 0.281. The highest BCUT2D eigenvalue weighted by atomic mass is 35.5. The molecular weight excluding hydrogens is 363 g/mol. The van der Waals surface area contributed by atoms with Gasteiger partial charge in [-0.25, -0.2) is 0 Å². The number of rotatable bonds is 4. The van der Waals surface area contributed by atoms with Crippen molar-refractivity contribution < 1.29 is 14.3 Å². The highest BCUT2D eigenvalue weighted by Crippen LogP contribution is 2.34. The van der Waals surface area contributed by atoms with E-state index in [1.165, 1.54) is 0 Å². The molecular formula is C18H16Cl2N2O3. The Kier molecular flexibility index (Phi) is 5.16. The molecule has 0 bridgehead atoms. The maximum atomic E-state index is 12.5. The predicted octanol–water partition coefficient (Wildman–Crippen LogP) is 3.99. The zero-order valence-electron chi connectivity index (χ0n) is 13.5. The van der Waals surface area contributed by atoms with Gasteiger partial charge >= 0.3 is 0 Å². The largest absolute Gasteiger partial charge is 0.495 e. The van der Waals surface area contributed by atoms with Gasteiger partial charge in [-0.1, -0.05) is 41.4 Å². The van der Waals surface area contributed by atoms with Gasteiger partial charge in [0.1, 0.15) is 5.75 Å². The van der Waals surface area contributed by atoms with Gasteiger partial charge in [-0.3, -0.25) is 9.59 Å². The number of nitrogens with zero attached hydrogens (tertiary/aromatic N) is 1. The van der Waals surface area contributed by atoms with Crippen molar-refractivity contribution in [3.8, 4) is 5.75 Å². The second-order valence-corrected chi connectivity index (χ2v) is 6.45. The lowest BCUT2D eigenvalue weighted by molar-refractivity contribution is -0.122. The Labute approximate surface area is 155 Å².